The third-order valence-electron chi connectivity index (χ3n) is 3.50. The summed E-state index contributed by atoms with van der Waals surface area (Å²) in [6.07, 6.45) is 5.23. The van der Waals surface area contributed by atoms with Crippen LogP contribution in [0.1, 0.15) is 44.2 Å². The highest BCUT2D eigenvalue weighted by molar-refractivity contribution is 5.18. The first-order valence-corrected chi connectivity index (χ1v) is 5.50. The largest absolute Gasteiger partial charge is 0.324 e. The van der Waals surface area contributed by atoms with Gasteiger partial charge in [0.1, 0.15) is 0 Å². The van der Waals surface area contributed by atoms with Crippen molar-refractivity contribution in [3.63, 3.8) is 0 Å². The Morgan fingerprint density at radius 2 is 1.93 bits per heavy atom. The Hall–Kier alpha value is -0.820. The van der Waals surface area contributed by atoms with E-state index in [2.05, 4.69) is 31.2 Å². The van der Waals surface area contributed by atoms with Crippen molar-refractivity contribution in [2.75, 3.05) is 0 Å². The van der Waals surface area contributed by atoms with Crippen LogP contribution in [-0.2, 0) is 0 Å². The zero-order valence-electron chi connectivity index (χ0n) is 8.87. The van der Waals surface area contributed by atoms with Gasteiger partial charge in [0.05, 0.1) is 0 Å². The predicted octanol–water partition coefficient (Wildman–Crippen LogP) is 3.27. The minimum Gasteiger partial charge on any atom is -0.324 e. The van der Waals surface area contributed by atoms with E-state index < -0.39 is 0 Å². The lowest BCUT2D eigenvalue weighted by atomic mass is 9.66. The van der Waals surface area contributed by atoms with Crippen molar-refractivity contribution < 1.29 is 0 Å². The van der Waals surface area contributed by atoms with Crippen molar-refractivity contribution in [1.82, 2.24) is 0 Å². The number of benzene rings is 1. The van der Waals surface area contributed by atoms with Crippen LogP contribution >= 0.6 is 0 Å². The van der Waals surface area contributed by atoms with Gasteiger partial charge in [-0.2, -0.15) is 0 Å². The van der Waals surface area contributed by atoms with E-state index in [0.29, 0.717) is 5.41 Å². The molecular formula is C13H19N. The third kappa shape index (κ3) is 1.98. The molecule has 76 valence electrons. The van der Waals surface area contributed by atoms with Gasteiger partial charge < -0.3 is 5.73 Å². The molecule has 14 heavy (non-hydrogen) atoms. The highest BCUT2D eigenvalue weighted by atomic mass is 14.6. The fourth-order valence-corrected chi connectivity index (χ4v) is 2.33. The zero-order valence-corrected chi connectivity index (χ0v) is 8.87. The maximum Gasteiger partial charge on any atom is 0.0300 e. The molecule has 0 bridgehead atoms. The monoisotopic (exact) mass is 189 g/mol. The molecule has 0 aliphatic heterocycles. The van der Waals surface area contributed by atoms with Gasteiger partial charge in [0.15, 0.2) is 0 Å². The zero-order chi connectivity index (χ0) is 10.0. The minimum absolute atomic E-state index is 0.224. The molecule has 2 N–H and O–H groups in total. The van der Waals surface area contributed by atoms with Gasteiger partial charge in [-0.25, -0.2) is 0 Å². The topological polar surface area (TPSA) is 26.0 Å². The molecule has 1 atom stereocenters. The minimum atomic E-state index is 0.224. The summed E-state index contributed by atoms with van der Waals surface area (Å²) in [5.41, 5.74) is 7.99. The second-order valence-corrected chi connectivity index (χ2v) is 4.89. The molecule has 1 nitrogen and oxygen atoms in total. The maximum absolute atomic E-state index is 6.19. The molecule has 1 unspecified atom stereocenters. The highest BCUT2D eigenvalue weighted by Crippen LogP contribution is 2.45. The van der Waals surface area contributed by atoms with Crippen molar-refractivity contribution in [1.29, 1.82) is 0 Å². The molecule has 0 spiro atoms. The van der Waals surface area contributed by atoms with E-state index in [0.717, 1.165) is 6.42 Å². The summed E-state index contributed by atoms with van der Waals surface area (Å²) >= 11 is 0. The number of hydrogen-bond donors (Lipinski definition) is 1. The van der Waals surface area contributed by atoms with Crippen molar-refractivity contribution in [3.8, 4) is 0 Å². The second-order valence-electron chi connectivity index (χ2n) is 4.89. The summed E-state index contributed by atoms with van der Waals surface area (Å²) in [6.45, 7) is 2.36. The molecular weight excluding hydrogens is 170 g/mol. The Kier molecular flexibility index (Phi) is 2.60. The van der Waals surface area contributed by atoms with E-state index in [9.17, 15) is 0 Å². The van der Waals surface area contributed by atoms with Gasteiger partial charge >= 0.3 is 0 Å². The SMILES string of the molecule is CC1(CC(N)c2ccccc2)CCC1. The fourth-order valence-electron chi connectivity index (χ4n) is 2.33. The number of rotatable bonds is 3. The molecule has 2 rings (SSSR count). The first-order chi connectivity index (χ1) is 6.70. The number of hydrogen-bond acceptors (Lipinski definition) is 1. The summed E-state index contributed by atoms with van der Waals surface area (Å²) in [6, 6.07) is 10.7. The molecule has 0 heterocycles. The van der Waals surface area contributed by atoms with Gasteiger partial charge in [0.2, 0.25) is 0 Å². The molecule has 0 amide bonds. The highest BCUT2D eigenvalue weighted by Gasteiger charge is 2.33. The van der Waals surface area contributed by atoms with Gasteiger partial charge in [-0.3, -0.25) is 0 Å². The van der Waals surface area contributed by atoms with Gasteiger partial charge in [0.25, 0.3) is 0 Å². The first-order valence-electron chi connectivity index (χ1n) is 5.50. The summed E-state index contributed by atoms with van der Waals surface area (Å²) in [5.74, 6) is 0. The summed E-state index contributed by atoms with van der Waals surface area (Å²) < 4.78 is 0. The van der Waals surface area contributed by atoms with Crippen LogP contribution in [0, 0.1) is 5.41 Å². The van der Waals surface area contributed by atoms with Crippen LogP contribution in [0.4, 0.5) is 0 Å². The van der Waals surface area contributed by atoms with Crippen LogP contribution in [-0.4, -0.2) is 0 Å². The Morgan fingerprint density at radius 3 is 2.43 bits per heavy atom. The lowest BCUT2D eigenvalue weighted by Gasteiger charge is -2.40. The Labute approximate surface area is 86.3 Å². The quantitative estimate of drug-likeness (QED) is 0.776. The van der Waals surface area contributed by atoms with Crippen molar-refractivity contribution in [2.24, 2.45) is 11.1 Å². The smallest absolute Gasteiger partial charge is 0.0300 e. The molecule has 0 radical (unpaired) electrons. The summed E-state index contributed by atoms with van der Waals surface area (Å²) in [4.78, 5) is 0. The molecule has 1 aromatic carbocycles. The second kappa shape index (κ2) is 3.74. The summed E-state index contributed by atoms with van der Waals surface area (Å²) in [5, 5.41) is 0. The molecule has 1 heteroatoms. The van der Waals surface area contributed by atoms with Crippen molar-refractivity contribution in [3.05, 3.63) is 35.9 Å². The Balaban J connectivity index is 1.99. The molecule has 1 saturated carbocycles. The lowest BCUT2D eigenvalue weighted by molar-refractivity contribution is 0.134. The van der Waals surface area contributed by atoms with Crippen LogP contribution in [0.3, 0.4) is 0 Å². The Bertz CT molecular complexity index is 287. The van der Waals surface area contributed by atoms with Crippen LogP contribution in [0.15, 0.2) is 30.3 Å². The van der Waals surface area contributed by atoms with Crippen molar-refractivity contribution >= 4 is 0 Å². The van der Waals surface area contributed by atoms with Gasteiger partial charge in [0, 0.05) is 6.04 Å². The molecule has 1 aliphatic rings. The maximum atomic E-state index is 6.19. The van der Waals surface area contributed by atoms with E-state index in [-0.39, 0.29) is 6.04 Å². The number of nitrogens with two attached hydrogens (primary N) is 1. The van der Waals surface area contributed by atoms with Crippen LogP contribution < -0.4 is 5.73 Å². The van der Waals surface area contributed by atoms with Gasteiger partial charge in [-0.1, -0.05) is 43.7 Å². The molecule has 1 aromatic rings. The molecule has 0 aromatic heterocycles. The van der Waals surface area contributed by atoms with E-state index in [1.165, 1.54) is 24.8 Å². The van der Waals surface area contributed by atoms with Crippen LogP contribution in [0.5, 0.6) is 0 Å². The average molecular weight is 189 g/mol. The Morgan fingerprint density at radius 1 is 1.29 bits per heavy atom. The fraction of sp³-hybridized carbons (Fsp3) is 0.538. The first kappa shape index (κ1) is 9.72. The normalized spacial score (nSPS) is 21.3. The molecule has 1 aliphatic carbocycles. The third-order valence-corrected chi connectivity index (χ3v) is 3.50. The van der Waals surface area contributed by atoms with E-state index in [1.54, 1.807) is 0 Å². The average Bonchev–Trinajstić information content (AvgIpc) is 2.17. The predicted molar refractivity (Wildman–Crippen MR) is 59.9 cm³/mol. The van der Waals surface area contributed by atoms with E-state index >= 15 is 0 Å². The standard InChI is InChI=1S/C13H19N/c1-13(8-5-9-13)10-12(14)11-6-3-2-4-7-11/h2-4,6-7,12H,5,8-10,14H2,1H3. The van der Waals surface area contributed by atoms with Crippen LogP contribution in [0.2, 0.25) is 0 Å². The van der Waals surface area contributed by atoms with Gasteiger partial charge in [-0.05, 0) is 30.2 Å². The summed E-state index contributed by atoms with van der Waals surface area (Å²) in [7, 11) is 0. The van der Waals surface area contributed by atoms with E-state index in [1.807, 2.05) is 6.07 Å². The molecule has 1 fully saturated rings. The van der Waals surface area contributed by atoms with E-state index in [4.69, 9.17) is 5.73 Å². The van der Waals surface area contributed by atoms with Crippen molar-refractivity contribution in [2.45, 2.75) is 38.6 Å². The van der Waals surface area contributed by atoms with Gasteiger partial charge in [-0.15, -0.1) is 0 Å². The van der Waals surface area contributed by atoms with Crippen LogP contribution in [0.25, 0.3) is 0 Å². The lowest BCUT2D eigenvalue weighted by Crippen LogP contribution is -2.30. The molecule has 0 saturated heterocycles.